The van der Waals surface area contributed by atoms with Crippen molar-refractivity contribution < 1.29 is 39.0 Å². The molecule has 9 N–H and O–H groups in total. The van der Waals surface area contributed by atoms with Gasteiger partial charge in [0.05, 0.1) is 19.5 Å². The van der Waals surface area contributed by atoms with Crippen molar-refractivity contribution in [1.29, 1.82) is 0 Å². The summed E-state index contributed by atoms with van der Waals surface area (Å²) in [7, 11) is 0. The first kappa shape index (κ1) is 22.8. The molecule has 0 radical (unpaired) electrons. The minimum atomic E-state index is -1.54. The fourth-order valence-corrected chi connectivity index (χ4v) is 1.70. The Hall–Kier alpha value is -3.22. The van der Waals surface area contributed by atoms with E-state index in [2.05, 4.69) is 10.6 Å². The van der Waals surface area contributed by atoms with Crippen molar-refractivity contribution >= 4 is 35.6 Å². The van der Waals surface area contributed by atoms with E-state index in [9.17, 15) is 28.8 Å². The van der Waals surface area contributed by atoms with Crippen LogP contribution < -0.4 is 27.4 Å². The fourth-order valence-electron chi connectivity index (χ4n) is 1.70. The number of aliphatic carboxylic acids is 2. The van der Waals surface area contributed by atoms with Crippen LogP contribution in [-0.2, 0) is 28.8 Å². The zero-order chi connectivity index (χ0) is 20.3. The van der Waals surface area contributed by atoms with Gasteiger partial charge in [0.2, 0.25) is 23.6 Å². The van der Waals surface area contributed by atoms with E-state index in [0.29, 0.717) is 0 Å². The number of carbonyl (C=O) groups excluding carboxylic acids is 4. The predicted molar refractivity (Wildman–Crippen MR) is 84.2 cm³/mol. The highest BCUT2D eigenvalue weighted by Crippen LogP contribution is 2.01. The van der Waals surface area contributed by atoms with Gasteiger partial charge in [0, 0.05) is 6.42 Å². The van der Waals surface area contributed by atoms with E-state index in [-0.39, 0.29) is 6.54 Å². The Morgan fingerprint density at radius 1 is 0.923 bits per heavy atom. The molecule has 0 aromatic rings. The first-order chi connectivity index (χ1) is 12.1. The smallest absolute Gasteiger partial charge is 0.326 e. The molecule has 0 saturated heterocycles. The summed E-state index contributed by atoms with van der Waals surface area (Å²) in [5.41, 5.74) is 10.0. The summed E-state index contributed by atoms with van der Waals surface area (Å²) in [6.07, 6.45) is -1.55. The highest BCUT2D eigenvalue weighted by molar-refractivity contribution is 5.94. The van der Waals surface area contributed by atoms with E-state index in [4.69, 9.17) is 21.7 Å². The zero-order valence-electron chi connectivity index (χ0n) is 13.7. The van der Waals surface area contributed by atoms with Crippen molar-refractivity contribution in [2.24, 2.45) is 11.5 Å². The predicted octanol–water partition coefficient (Wildman–Crippen LogP) is -4.14. The number of carboxylic acids is 2. The molecular formula is C13H21N5O8. The second kappa shape index (κ2) is 11.4. The third-order valence-electron chi connectivity index (χ3n) is 2.95. The van der Waals surface area contributed by atoms with E-state index in [0.717, 1.165) is 0 Å². The summed E-state index contributed by atoms with van der Waals surface area (Å²) in [5.74, 6) is -6.21. The van der Waals surface area contributed by atoms with Gasteiger partial charge < -0.3 is 37.6 Å². The minimum Gasteiger partial charge on any atom is -0.481 e. The van der Waals surface area contributed by atoms with E-state index >= 15 is 0 Å². The molecule has 4 amide bonds. The molecule has 146 valence electrons. The molecule has 0 aromatic carbocycles. The van der Waals surface area contributed by atoms with Crippen molar-refractivity contribution in [3.63, 3.8) is 0 Å². The molecular weight excluding hydrogens is 354 g/mol. The van der Waals surface area contributed by atoms with Gasteiger partial charge in [-0.3, -0.25) is 24.0 Å². The van der Waals surface area contributed by atoms with Crippen LogP contribution in [0.2, 0.25) is 0 Å². The number of hydrogen-bond donors (Lipinski definition) is 7. The molecule has 0 aromatic heterocycles. The summed E-state index contributed by atoms with van der Waals surface area (Å²) in [5, 5.41) is 23.9. The highest BCUT2D eigenvalue weighted by atomic mass is 16.4. The van der Waals surface area contributed by atoms with Crippen LogP contribution in [0.4, 0.5) is 0 Å². The topological polar surface area (TPSA) is 231 Å². The van der Waals surface area contributed by atoms with Gasteiger partial charge in [-0.2, -0.15) is 0 Å². The van der Waals surface area contributed by atoms with Crippen LogP contribution in [-0.4, -0.2) is 71.0 Å². The normalized spacial score (nSPS) is 12.3. The van der Waals surface area contributed by atoms with Gasteiger partial charge in [0.15, 0.2) is 0 Å². The van der Waals surface area contributed by atoms with Crippen molar-refractivity contribution in [1.82, 2.24) is 16.0 Å². The lowest BCUT2D eigenvalue weighted by Gasteiger charge is -2.20. The Balaban J connectivity index is 4.91. The molecule has 26 heavy (non-hydrogen) atoms. The molecule has 0 spiro atoms. The van der Waals surface area contributed by atoms with Crippen LogP contribution in [0.25, 0.3) is 0 Å². The molecule has 0 aliphatic carbocycles. The molecule has 2 atom stereocenters. The van der Waals surface area contributed by atoms with Crippen LogP contribution in [0.15, 0.2) is 0 Å². The molecule has 13 nitrogen and oxygen atoms in total. The van der Waals surface area contributed by atoms with Crippen molar-refractivity contribution in [2.75, 3.05) is 13.1 Å². The molecule has 0 bridgehead atoms. The van der Waals surface area contributed by atoms with Crippen molar-refractivity contribution in [3.05, 3.63) is 0 Å². The van der Waals surface area contributed by atoms with E-state index in [1.807, 2.05) is 5.32 Å². The number of rotatable bonds is 12. The van der Waals surface area contributed by atoms with Gasteiger partial charge >= 0.3 is 11.9 Å². The third kappa shape index (κ3) is 9.82. The largest absolute Gasteiger partial charge is 0.481 e. The molecule has 0 aliphatic heterocycles. The van der Waals surface area contributed by atoms with Crippen molar-refractivity contribution in [3.8, 4) is 0 Å². The van der Waals surface area contributed by atoms with Gasteiger partial charge in [-0.1, -0.05) is 0 Å². The molecule has 0 aliphatic rings. The quantitative estimate of drug-likeness (QED) is 0.175. The van der Waals surface area contributed by atoms with Crippen LogP contribution in [0.3, 0.4) is 0 Å². The third-order valence-corrected chi connectivity index (χ3v) is 2.95. The van der Waals surface area contributed by atoms with Crippen LogP contribution in [0, 0.1) is 0 Å². The Kier molecular flexibility index (Phi) is 9.95. The lowest BCUT2D eigenvalue weighted by molar-refractivity contribution is -0.143. The van der Waals surface area contributed by atoms with E-state index < -0.39 is 73.5 Å². The van der Waals surface area contributed by atoms with Gasteiger partial charge in [-0.25, -0.2) is 4.79 Å². The van der Waals surface area contributed by atoms with E-state index in [1.165, 1.54) is 0 Å². The lowest BCUT2D eigenvalue weighted by Crippen LogP contribution is -2.54. The maximum absolute atomic E-state index is 12.1. The lowest BCUT2D eigenvalue weighted by atomic mass is 10.1. The summed E-state index contributed by atoms with van der Waals surface area (Å²) < 4.78 is 0. The van der Waals surface area contributed by atoms with Crippen LogP contribution in [0.1, 0.15) is 19.3 Å². The maximum Gasteiger partial charge on any atom is 0.326 e. The van der Waals surface area contributed by atoms with Crippen molar-refractivity contribution in [2.45, 2.75) is 31.3 Å². The first-order valence-electron chi connectivity index (χ1n) is 7.36. The van der Waals surface area contributed by atoms with E-state index in [1.54, 1.807) is 0 Å². The highest BCUT2D eigenvalue weighted by Gasteiger charge is 2.28. The molecule has 13 heteroatoms. The van der Waals surface area contributed by atoms with Gasteiger partial charge in [-0.15, -0.1) is 0 Å². The Morgan fingerprint density at radius 3 is 2.00 bits per heavy atom. The average Bonchev–Trinajstić information content (AvgIpc) is 2.54. The summed E-state index contributed by atoms with van der Waals surface area (Å²) in [6.45, 7) is -0.887. The number of carbonyl (C=O) groups is 6. The number of amides is 4. The molecule has 0 saturated carbocycles. The van der Waals surface area contributed by atoms with Crippen LogP contribution in [0.5, 0.6) is 0 Å². The fraction of sp³-hybridized carbons (Fsp3) is 0.538. The molecule has 0 heterocycles. The number of nitrogens with two attached hydrogens (primary N) is 2. The van der Waals surface area contributed by atoms with Gasteiger partial charge in [0.1, 0.15) is 12.1 Å². The SMILES string of the molecule is NCC(=O)NCC(=O)N[C@@H](CC(N)=O)C(=O)N[C@@H](CCC(=O)O)C(=O)O. The Labute approximate surface area is 147 Å². The summed E-state index contributed by atoms with van der Waals surface area (Å²) >= 11 is 0. The van der Waals surface area contributed by atoms with Crippen LogP contribution >= 0.6 is 0 Å². The number of carboxylic acid groups (broad SMARTS) is 2. The molecule has 0 fully saturated rings. The standard InChI is InChI=1S/C13H21N5O8/c14-4-9(20)16-5-10(21)17-7(3-8(15)19)12(24)18-6(13(25)26)1-2-11(22)23/h6-7H,1-5,14H2,(H2,15,19)(H,16,20)(H,17,21)(H,18,24)(H,22,23)(H,25,26)/t6-,7-/m0/s1. The second-order valence-corrected chi connectivity index (χ2v) is 5.10. The first-order valence-corrected chi connectivity index (χ1v) is 7.36. The molecule has 0 rings (SSSR count). The molecule has 0 unspecified atom stereocenters. The average molecular weight is 375 g/mol. The Morgan fingerprint density at radius 2 is 1.54 bits per heavy atom. The zero-order valence-corrected chi connectivity index (χ0v) is 13.7. The summed E-state index contributed by atoms with van der Waals surface area (Å²) in [4.78, 5) is 67.5. The Bertz CT molecular complexity index is 579. The monoisotopic (exact) mass is 375 g/mol. The second-order valence-electron chi connectivity index (χ2n) is 5.10. The van der Waals surface area contributed by atoms with Gasteiger partial charge in [0.25, 0.3) is 0 Å². The number of hydrogen-bond acceptors (Lipinski definition) is 7. The number of primary amides is 1. The maximum atomic E-state index is 12.1. The summed E-state index contributed by atoms with van der Waals surface area (Å²) in [6, 6.07) is -3.04. The van der Waals surface area contributed by atoms with Gasteiger partial charge in [-0.05, 0) is 6.42 Å². The minimum absolute atomic E-state index is 0.359. The number of nitrogens with one attached hydrogen (secondary N) is 3.